The number of rotatable bonds is 2. The lowest BCUT2D eigenvalue weighted by Crippen LogP contribution is -2.38. The number of hydrogen-bond donors (Lipinski definition) is 2. The number of carboxylic acids is 1. The number of nitrogens with zero attached hydrogens (tertiary/aromatic N) is 1. The molecule has 6 heteroatoms. The van der Waals surface area contributed by atoms with E-state index in [9.17, 15) is 14.7 Å². The van der Waals surface area contributed by atoms with Gasteiger partial charge in [-0.2, -0.15) is 0 Å². The summed E-state index contributed by atoms with van der Waals surface area (Å²) in [5.41, 5.74) is 0.838. The first-order valence-electron chi connectivity index (χ1n) is 7.48. The van der Waals surface area contributed by atoms with E-state index < -0.39 is 11.4 Å². The molecule has 2 N–H and O–H groups in total. The monoisotopic (exact) mass is 322 g/mol. The minimum absolute atomic E-state index is 0.0659. The van der Waals surface area contributed by atoms with E-state index in [1.54, 1.807) is 17.0 Å². The van der Waals surface area contributed by atoms with Crippen LogP contribution < -0.4 is 5.32 Å². The molecule has 0 bridgehead atoms. The van der Waals surface area contributed by atoms with Gasteiger partial charge in [0.15, 0.2) is 0 Å². The van der Waals surface area contributed by atoms with Gasteiger partial charge in [0, 0.05) is 23.8 Å². The van der Waals surface area contributed by atoms with Gasteiger partial charge in [-0.05, 0) is 43.4 Å². The van der Waals surface area contributed by atoms with Gasteiger partial charge < -0.3 is 15.3 Å². The summed E-state index contributed by atoms with van der Waals surface area (Å²) in [7, 11) is 0. The molecule has 2 aliphatic rings. The highest BCUT2D eigenvalue weighted by atomic mass is 35.5. The maximum absolute atomic E-state index is 12.5. The number of likely N-dealkylation sites (tertiary alicyclic amines) is 1. The minimum atomic E-state index is -0.774. The molecule has 2 atom stereocenters. The van der Waals surface area contributed by atoms with E-state index in [4.69, 9.17) is 11.6 Å². The molecule has 0 radical (unpaired) electrons. The van der Waals surface area contributed by atoms with Crippen molar-refractivity contribution in [1.29, 1.82) is 0 Å². The third kappa shape index (κ3) is 2.43. The lowest BCUT2D eigenvalue weighted by Gasteiger charge is -2.23. The number of urea groups is 1. The number of carbonyl (C=O) groups excluding carboxylic acids is 1. The van der Waals surface area contributed by atoms with Crippen LogP contribution in [0.15, 0.2) is 18.2 Å². The number of carboxylic acid groups (broad SMARTS) is 1. The third-order valence-corrected chi connectivity index (χ3v) is 5.26. The second-order valence-corrected chi connectivity index (χ2v) is 6.76. The molecule has 1 aliphatic carbocycles. The predicted molar refractivity (Wildman–Crippen MR) is 84.2 cm³/mol. The second-order valence-electron chi connectivity index (χ2n) is 6.32. The molecule has 118 valence electrons. The van der Waals surface area contributed by atoms with Gasteiger partial charge in [0.05, 0.1) is 5.41 Å². The van der Waals surface area contributed by atoms with Gasteiger partial charge in [0.1, 0.15) is 0 Å². The van der Waals surface area contributed by atoms with Gasteiger partial charge in [-0.3, -0.25) is 4.79 Å². The van der Waals surface area contributed by atoms with Crippen LogP contribution in [0, 0.1) is 18.3 Å². The van der Waals surface area contributed by atoms with Crippen molar-refractivity contribution in [3.05, 3.63) is 28.8 Å². The fraction of sp³-hybridized carbons (Fsp3) is 0.500. The number of halogens is 1. The summed E-state index contributed by atoms with van der Waals surface area (Å²) >= 11 is 5.96. The third-order valence-electron chi connectivity index (χ3n) is 5.03. The predicted octanol–water partition coefficient (Wildman–Crippen LogP) is 3.37. The molecule has 1 saturated heterocycles. The average Bonchev–Trinajstić information content (AvgIpc) is 3.00. The summed E-state index contributed by atoms with van der Waals surface area (Å²) in [4.78, 5) is 25.7. The number of nitrogens with one attached hydrogen (secondary N) is 1. The van der Waals surface area contributed by atoms with E-state index in [1.807, 2.05) is 13.0 Å². The average molecular weight is 323 g/mol. The van der Waals surface area contributed by atoms with Gasteiger partial charge in [0.2, 0.25) is 0 Å². The molecule has 1 aromatic carbocycles. The van der Waals surface area contributed by atoms with E-state index in [0.717, 1.165) is 18.4 Å². The van der Waals surface area contributed by atoms with Crippen LogP contribution in [0.4, 0.5) is 10.5 Å². The summed E-state index contributed by atoms with van der Waals surface area (Å²) in [6, 6.07) is 5.07. The molecule has 0 unspecified atom stereocenters. The second kappa shape index (κ2) is 5.47. The van der Waals surface area contributed by atoms with Crippen molar-refractivity contribution < 1.29 is 14.7 Å². The number of aliphatic carboxylic acids is 1. The van der Waals surface area contributed by atoms with Crippen LogP contribution in [-0.4, -0.2) is 35.1 Å². The molecule has 0 spiro atoms. The Morgan fingerprint density at radius 1 is 1.45 bits per heavy atom. The molecule has 5 nitrogen and oxygen atoms in total. The first-order chi connectivity index (χ1) is 10.4. The van der Waals surface area contributed by atoms with Crippen LogP contribution >= 0.6 is 11.6 Å². The Labute approximate surface area is 134 Å². The van der Waals surface area contributed by atoms with Gasteiger partial charge in [0.25, 0.3) is 0 Å². The number of benzene rings is 1. The Bertz CT molecular complexity index is 634. The van der Waals surface area contributed by atoms with Crippen molar-refractivity contribution in [3.63, 3.8) is 0 Å². The van der Waals surface area contributed by atoms with Crippen molar-refractivity contribution >= 4 is 29.3 Å². The van der Waals surface area contributed by atoms with Crippen LogP contribution in [0.2, 0.25) is 5.02 Å². The first-order valence-corrected chi connectivity index (χ1v) is 7.86. The fourth-order valence-electron chi connectivity index (χ4n) is 3.72. The van der Waals surface area contributed by atoms with E-state index in [-0.39, 0.29) is 11.9 Å². The summed E-state index contributed by atoms with van der Waals surface area (Å²) in [5, 5.41) is 13.0. The molecule has 22 heavy (non-hydrogen) atoms. The van der Waals surface area contributed by atoms with Gasteiger partial charge in [-0.15, -0.1) is 0 Å². The highest BCUT2D eigenvalue weighted by Crippen LogP contribution is 2.48. The smallest absolute Gasteiger partial charge is 0.321 e. The molecule has 1 saturated carbocycles. The highest BCUT2D eigenvalue weighted by Gasteiger charge is 2.55. The van der Waals surface area contributed by atoms with Crippen LogP contribution in [0.5, 0.6) is 0 Å². The zero-order valence-electron chi connectivity index (χ0n) is 12.4. The van der Waals surface area contributed by atoms with Gasteiger partial charge >= 0.3 is 12.0 Å². The van der Waals surface area contributed by atoms with E-state index >= 15 is 0 Å². The number of hydrogen-bond acceptors (Lipinski definition) is 2. The molecule has 2 amide bonds. The van der Waals surface area contributed by atoms with Crippen LogP contribution in [0.3, 0.4) is 0 Å². The van der Waals surface area contributed by atoms with Gasteiger partial charge in [-0.25, -0.2) is 4.79 Å². The quantitative estimate of drug-likeness (QED) is 0.877. The highest BCUT2D eigenvalue weighted by molar-refractivity contribution is 6.31. The summed E-state index contributed by atoms with van der Waals surface area (Å²) < 4.78 is 0. The zero-order valence-corrected chi connectivity index (χ0v) is 13.2. The van der Waals surface area contributed by atoms with Crippen molar-refractivity contribution in [2.75, 3.05) is 18.4 Å². The molecular formula is C16H19ClN2O3. The number of fused-ring (bicyclic) bond motifs is 1. The Kier molecular flexibility index (Phi) is 3.77. The zero-order chi connectivity index (χ0) is 15.9. The maximum atomic E-state index is 12.5. The van der Waals surface area contributed by atoms with Crippen molar-refractivity contribution in [1.82, 2.24) is 4.90 Å². The number of anilines is 1. The first kappa shape index (κ1) is 15.2. The Morgan fingerprint density at radius 2 is 2.23 bits per heavy atom. The van der Waals surface area contributed by atoms with Crippen LogP contribution in [0.25, 0.3) is 0 Å². The topological polar surface area (TPSA) is 69.6 Å². The number of aryl methyl sites for hydroxylation is 1. The lowest BCUT2D eigenvalue weighted by molar-refractivity contribution is -0.149. The number of carbonyl (C=O) groups is 2. The van der Waals surface area contributed by atoms with E-state index in [0.29, 0.717) is 30.2 Å². The van der Waals surface area contributed by atoms with Crippen LogP contribution in [0.1, 0.15) is 24.8 Å². The molecule has 2 fully saturated rings. The normalized spacial score (nSPS) is 26.8. The molecule has 1 aromatic rings. The summed E-state index contributed by atoms with van der Waals surface area (Å²) in [6.07, 6.45) is 2.47. The summed E-state index contributed by atoms with van der Waals surface area (Å²) in [6.45, 7) is 2.69. The van der Waals surface area contributed by atoms with Crippen molar-refractivity contribution in [2.24, 2.45) is 11.3 Å². The Morgan fingerprint density at radius 3 is 2.91 bits per heavy atom. The minimum Gasteiger partial charge on any atom is -0.481 e. The molecule has 0 aromatic heterocycles. The SMILES string of the molecule is Cc1ccc(Cl)cc1NC(=O)N1C[C@@H]2CCC[C@@]2(C(=O)O)C1. The summed E-state index contributed by atoms with van der Waals surface area (Å²) in [5.74, 6) is -0.708. The standard InChI is InChI=1S/C16H19ClN2O3/c1-10-4-5-12(17)7-13(10)18-15(22)19-8-11-3-2-6-16(11,9-19)14(20)21/h4-5,7,11H,2-3,6,8-9H2,1H3,(H,18,22)(H,20,21)/t11-,16+/m0/s1. The molecule has 3 rings (SSSR count). The fourth-order valence-corrected chi connectivity index (χ4v) is 3.89. The molecule has 1 aliphatic heterocycles. The number of amides is 2. The van der Waals surface area contributed by atoms with Crippen molar-refractivity contribution in [3.8, 4) is 0 Å². The Hall–Kier alpha value is -1.75. The Balaban J connectivity index is 1.75. The molecular weight excluding hydrogens is 304 g/mol. The van der Waals surface area contributed by atoms with Crippen molar-refractivity contribution in [2.45, 2.75) is 26.2 Å². The maximum Gasteiger partial charge on any atom is 0.321 e. The largest absolute Gasteiger partial charge is 0.481 e. The van der Waals surface area contributed by atoms with Crippen LogP contribution in [-0.2, 0) is 4.79 Å². The van der Waals surface area contributed by atoms with E-state index in [2.05, 4.69) is 5.32 Å². The van der Waals surface area contributed by atoms with Gasteiger partial charge in [-0.1, -0.05) is 24.1 Å². The van der Waals surface area contributed by atoms with E-state index in [1.165, 1.54) is 0 Å². The molecule has 1 heterocycles. The lowest BCUT2D eigenvalue weighted by atomic mass is 9.81.